The van der Waals surface area contributed by atoms with Crippen molar-refractivity contribution in [1.29, 1.82) is 0 Å². The van der Waals surface area contributed by atoms with Crippen molar-refractivity contribution in [1.82, 2.24) is 24.9 Å². The highest BCUT2D eigenvalue weighted by Gasteiger charge is 2.36. The van der Waals surface area contributed by atoms with E-state index in [9.17, 15) is 19.2 Å². The maximum Gasteiger partial charge on any atom is 0.322 e. The number of likely N-dealkylation sites (tertiary alicyclic amines) is 3. The highest BCUT2D eigenvalue weighted by molar-refractivity contribution is 6.30. The van der Waals surface area contributed by atoms with Crippen molar-refractivity contribution in [2.45, 2.75) is 76.0 Å². The molecule has 2 aromatic rings. The van der Waals surface area contributed by atoms with Crippen molar-refractivity contribution in [2.24, 2.45) is 0 Å². The second-order valence-electron chi connectivity index (χ2n) is 12.8. The molecule has 0 bridgehead atoms. The molecule has 0 unspecified atom stereocenters. The minimum atomic E-state index is -1.000. The van der Waals surface area contributed by atoms with Crippen LogP contribution in [0.2, 0.25) is 5.02 Å². The number of piperidine rings is 3. The average Bonchev–Trinajstić information content (AvgIpc) is 3.08. The fraction of sp³-hybridized carbons (Fsp3) is 0.529. The molecule has 246 valence electrons. The number of anilines is 2. The van der Waals surface area contributed by atoms with Gasteiger partial charge in [-0.25, -0.2) is 9.59 Å². The largest absolute Gasteiger partial charge is 0.342 e. The van der Waals surface area contributed by atoms with E-state index < -0.39 is 12.1 Å². The zero-order valence-electron chi connectivity index (χ0n) is 26.3. The summed E-state index contributed by atoms with van der Waals surface area (Å²) >= 11 is 6.09. The van der Waals surface area contributed by atoms with Gasteiger partial charge in [-0.15, -0.1) is 0 Å². The molecular formula is C34H44ClN7O4. The summed E-state index contributed by atoms with van der Waals surface area (Å²) in [5.41, 5.74) is 2.41. The van der Waals surface area contributed by atoms with Crippen LogP contribution in [0, 0.1) is 0 Å². The van der Waals surface area contributed by atoms with Gasteiger partial charge in [-0.05, 0) is 81.4 Å². The lowest BCUT2D eigenvalue weighted by molar-refractivity contribution is -0.140. The molecule has 4 heterocycles. The monoisotopic (exact) mass is 649 g/mol. The molecule has 11 nitrogen and oxygen atoms in total. The molecule has 6 amide bonds. The van der Waals surface area contributed by atoms with E-state index in [1.165, 1.54) is 19.3 Å². The van der Waals surface area contributed by atoms with Crippen LogP contribution in [0.15, 0.2) is 48.5 Å². The first-order valence-electron chi connectivity index (χ1n) is 16.6. The standard InChI is InChI=1S/C34H44ClN7O4/c35-25-8-6-9-26(21-25)36-33(45)37-30(32(44)41-19-11-27(12-20-41)39-15-4-1-5-16-39)22-31(43)40-17-13-28(14-18-40)42-23-24-7-2-3-10-29(24)38-34(42)46/h2-3,6-10,21,27-28,30H,1,4-5,11-20,22-23H2,(H,38,46)(H2,36,37,45)/t30-/m0/s1. The summed E-state index contributed by atoms with van der Waals surface area (Å²) in [6.45, 7) is 4.94. The van der Waals surface area contributed by atoms with Crippen LogP contribution in [-0.4, -0.2) is 101 Å². The molecule has 4 aliphatic rings. The quantitative estimate of drug-likeness (QED) is 0.401. The van der Waals surface area contributed by atoms with Gasteiger partial charge in [-0.3, -0.25) is 9.59 Å². The average molecular weight is 650 g/mol. The molecule has 6 rings (SSSR count). The maximum absolute atomic E-state index is 13.9. The Morgan fingerprint density at radius 3 is 2.28 bits per heavy atom. The highest BCUT2D eigenvalue weighted by atomic mass is 35.5. The fourth-order valence-corrected chi connectivity index (χ4v) is 7.49. The molecule has 46 heavy (non-hydrogen) atoms. The number of urea groups is 2. The highest BCUT2D eigenvalue weighted by Crippen LogP contribution is 2.28. The van der Waals surface area contributed by atoms with Crippen LogP contribution in [0.4, 0.5) is 21.0 Å². The van der Waals surface area contributed by atoms with Crippen molar-refractivity contribution >= 4 is 46.9 Å². The minimum Gasteiger partial charge on any atom is -0.342 e. The third-order valence-corrected chi connectivity index (χ3v) is 10.1. The van der Waals surface area contributed by atoms with Gasteiger partial charge in [0.05, 0.1) is 6.42 Å². The number of nitrogens with zero attached hydrogens (tertiary/aromatic N) is 4. The number of carbonyl (C=O) groups is 4. The first kappa shape index (κ1) is 32.1. The molecular weight excluding hydrogens is 606 g/mol. The fourth-order valence-electron chi connectivity index (χ4n) is 7.30. The van der Waals surface area contributed by atoms with Gasteiger partial charge in [0.25, 0.3) is 0 Å². The Bertz CT molecular complexity index is 1420. The smallest absolute Gasteiger partial charge is 0.322 e. The van der Waals surface area contributed by atoms with Crippen LogP contribution in [0.5, 0.6) is 0 Å². The molecule has 0 saturated carbocycles. The molecule has 0 aromatic heterocycles. The lowest BCUT2D eigenvalue weighted by atomic mass is 9.98. The van der Waals surface area contributed by atoms with E-state index in [1.807, 2.05) is 29.2 Å². The van der Waals surface area contributed by atoms with Gasteiger partial charge < -0.3 is 35.6 Å². The Morgan fingerprint density at radius 2 is 1.54 bits per heavy atom. The summed E-state index contributed by atoms with van der Waals surface area (Å²) in [6, 6.07) is 13.4. The molecule has 3 fully saturated rings. The lowest BCUT2D eigenvalue weighted by Gasteiger charge is -2.41. The first-order valence-corrected chi connectivity index (χ1v) is 17.0. The molecule has 2 aromatic carbocycles. The predicted molar refractivity (Wildman–Crippen MR) is 178 cm³/mol. The Labute approximate surface area is 275 Å². The molecule has 0 spiro atoms. The van der Waals surface area contributed by atoms with Crippen LogP contribution in [0.1, 0.15) is 56.9 Å². The van der Waals surface area contributed by atoms with Gasteiger partial charge in [-0.1, -0.05) is 42.3 Å². The SMILES string of the molecule is O=C(Nc1cccc(Cl)c1)N[C@@H](CC(=O)N1CCC(N2Cc3ccccc3NC2=O)CC1)C(=O)N1CCC(N2CCCCC2)CC1. The van der Waals surface area contributed by atoms with E-state index in [2.05, 4.69) is 20.9 Å². The number of carbonyl (C=O) groups excluding carboxylic acids is 4. The van der Waals surface area contributed by atoms with E-state index in [0.29, 0.717) is 62.3 Å². The van der Waals surface area contributed by atoms with Crippen molar-refractivity contribution in [3.8, 4) is 0 Å². The number of hydrogen-bond donors (Lipinski definition) is 3. The van der Waals surface area contributed by atoms with E-state index in [0.717, 1.165) is 37.2 Å². The molecule has 3 N–H and O–H groups in total. The normalized spacial score (nSPS) is 20.5. The van der Waals surface area contributed by atoms with E-state index in [4.69, 9.17) is 11.6 Å². The number of nitrogens with one attached hydrogen (secondary N) is 3. The number of benzene rings is 2. The number of halogens is 1. The maximum atomic E-state index is 13.9. The van der Waals surface area contributed by atoms with Crippen LogP contribution in [0.25, 0.3) is 0 Å². The summed E-state index contributed by atoms with van der Waals surface area (Å²) in [7, 11) is 0. The predicted octanol–water partition coefficient (Wildman–Crippen LogP) is 4.74. The summed E-state index contributed by atoms with van der Waals surface area (Å²) in [6.07, 6.45) is 6.69. The summed E-state index contributed by atoms with van der Waals surface area (Å²) in [4.78, 5) is 61.3. The molecule has 0 radical (unpaired) electrons. The third-order valence-electron chi connectivity index (χ3n) is 9.87. The molecule has 0 aliphatic carbocycles. The van der Waals surface area contributed by atoms with Crippen LogP contribution in [0.3, 0.4) is 0 Å². The van der Waals surface area contributed by atoms with Gasteiger partial charge in [0.2, 0.25) is 11.8 Å². The second-order valence-corrected chi connectivity index (χ2v) is 13.3. The van der Waals surface area contributed by atoms with Crippen LogP contribution in [-0.2, 0) is 16.1 Å². The van der Waals surface area contributed by atoms with Crippen LogP contribution < -0.4 is 16.0 Å². The first-order chi connectivity index (χ1) is 22.3. The van der Waals surface area contributed by atoms with E-state index >= 15 is 0 Å². The number of fused-ring (bicyclic) bond motifs is 1. The minimum absolute atomic E-state index is 0.0117. The Kier molecular flexibility index (Phi) is 10.3. The second kappa shape index (κ2) is 14.7. The number of hydrogen-bond acceptors (Lipinski definition) is 5. The molecule has 12 heteroatoms. The summed E-state index contributed by atoms with van der Waals surface area (Å²) in [5.74, 6) is -0.415. The number of para-hydroxylation sites is 1. The van der Waals surface area contributed by atoms with Crippen molar-refractivity contribution in [3.63, 3.8) is 0 Å². The lowest BCUT2D eigenvalue weighted by Crippen LogP contribution is -2.56. The van der Waals surface area contributed by atoms with Gasteiger partial charge in [0.15, 0.2) is 0 Å². The Balaban J connectivity index is 1.07. The van der Waals surface area contributed by atoms with E-state index in [1.54, 1.807) is 34.1 Å². The van der Waals surface area contributed by atoms with Gasteiger partial charge in [0.1, 0.15) is 6.04 Å². The molecule has 3 saturated heterocycles. The van der Waals surface area contributed by atoms with Crippen molar-refractivity contribution in [2.75, 3.05) is 49.9 Å². The molecule has 1 atom stereocenters. The van der Waals surface area contributed by atoms with Gasteiger partial charge >= 0.3 is 12.1 Å². The zero-order chi connectivity index (χ0) is 32.0. The van der Waals surface area contributed by atoms with Crippen molar-refractivity contribution < 1.29 is 19.2 Å². The summed E-state index contributed by atoms with van der Waals surface area (Å²) in [5, 5.41) is 9.00. The Morgan fingerprint density at radius 1 is 0.848 bits per heavy atom. The number of amides is 6. The third kappa shape index (κ3) is 7.75. The topological polar surface area (TPSA) is 117 Å². The van der Waals surface area contributed by atoms with Gasteiger partial charge in [0, 0.05) is 61.2 Å². The van der Waals surface area contributed by atoms with E-state index in [-0.39, 0.29) is 30.3 Å². The van der Waals surface area contributed by atoms with Crippen molar-refractivity contribution in [3.05, 3.63) is 59.1 Å². The molecule has 4 aliphatic heterocycles. The zero-order valence-corrected chi connectivity index (χ0v) is 27.0. The summed E-state index contributed by atoms with van der Waals surface area (Å²) < 4.78 is 0. The van der Waals surface area contributed by atoms with Gasteiger partial charge in [-0.2, -0.15) is 0 Å². The van der Waals surface area contributed by atoms with Crippen LogP contribution >= 0.6 is 11.6 Å². The number of rotatable bonds is 7. The Hall–Kier alpha value is -3.83.